The van der Waals surface area contributed by atoms with Gasteiger partial charge in [-0.15, -0.1) is 6.58 Å². The summed E-state index contributed by atoms with van der Waals surface area (Å²) in [5, 5.41) is 0. The number of hydrogen-bond donors (Lipinski definition) is 0. The molecular formula is C13H19F2NO4S. The lowest BCUT2D eigenvalue weighted by Crippen LogP contribution is -2.53. The van der Waals surface area contributed by atoms with Crippen LogP contribution in [0.15, 0.2) is 12.7 Å². The van der Waals surface area contributed by atoms with E-state index in [1.807, 2.05) is 0 Å². The molecule has 0 N–H and O–H groups in total. The first-order chi connectivity index (χ1) is 9.53. The molecule has 0 saturated carbocycles. The van der Waals surface area contributed by atoms with Crippen LogP contribution in [0.2, 0.25) is 0 Å². The summed E-state index contributed by atoms with van der Waals surface area (Å²) in [4.78, 5) is 24.3. The Labute approximate surface area is 122 Å². The fourth-order valence-corrected chi connectivity index (χ4v) is 3.94. The highest BCUT2D eigenvalue weighted by molar-refractivity contribution is 7.91. The first-order valence-electron chi connectivity index (χ1n) is 6.57. The summed E-state index contributed by atoms with van der Waals surface area (Å²) in [7, 11) is -3.33. The monoisotopic (exact) mass is 323 g/mol. The molecule has 0 aliphatic carbocycles. The molecule has 0 aromatic heterocycles. The Bertz CT molecular complexity index is 542. The van der Waals surface area contributed by atoms with Crippen molar-refractivity contribution in [1.29, 1.82) is 0 Å². The van der Waals surface area contributed by atoms with E-state index < -0.39 is 39.4 Å². The van der Waals surface area contributed by atoms with Crippen LogP contribution in [0.1, 0.15) is 20.3 Å². The van der Waals surface area contributed by atoms with Gasteiger partial charge in [0.15, 0.2) is 9.84 Å². The SMILES string of the molecule is C=CCN(C(=O)C(F)(F)C(=O)C(C)C)C1CCS(=O)(=O)C1. The summed E-state index contributed by atoms with van der Waals surface area (Å²) in [6.45, 7) is 5.72. The molecule has 0 aromatic carbocycles. The highest BCUT2D eigenvalue weighted by Crippen LogP contribution is 2.26. The third-order valence-corrected chi connectivity index (χ3v) is 5.09. The number of amides is 1. The van der Waals surface area contributed by atoms with Crippen molar-refractivity contribution in [3.8, 4) is 0 Å². The number of carbonyl (C=O) groups is 2. The Morgan fingerprint density at radius 1 is 1.43 bits per heavy atom. The van der Waals surface area contributed by atoms with Crippen LogP contribution in [0.5, 0.6) is 0 Å². The molecule has 0 aromatic rings. The predicted molar refractivity (Wildman–Crippen MR) is 73.8 cm³/mol. The van der Waals surface area contributed by atoms with Crippen molar-refractivity contribution in [3.63, 3.8) is 0 Å². The second-order valence-electron chi connectivity index (χ2n) is 5.40. The molecule has 1 saturated heterocycles. The fourth-order valence-electron chi connectivity index (χ4n) is 2.21. The van der Waals surface area contributed by atoms with Gasteiger partial charge in [0, 0.05) is 18.5 Å². The van der Waals surface area contributed by atoms with E-state index in [4.69, 9.17) is 0 Å². The molecular weight excluding hydrogens is 304 g/mol. The van der Waals surface area contributed by atoms with Crippen LogP contribution in [0, 0.1) is 5.92 Å². The van der Waals surface area contributed by atoms with Crippen molar-refractivity contribution in [2.75, 3.05) is 18.1 Å². The number of carbonyl (C=O) groups excluding carboxylic acids is 2. The number of sulfone groups is 1. The molecule has 0 bridgehead atoms. The Morgan fingerprint density at radius 2 is 2.00 bits per heavy atom. The van der Waals surface area contributed by atoms with Crippen LogP contribution in [0.4, 0.5) is 8.78 Å². The van der Waals surface area contributed by atoms with E-state index in [0.29, 0.717) is 0 Å². The van der Waals surface area contributed by atoms with Gasteiger partial charge >= 0.3 is 11.8 Å². The first kappa shape index (κ1) is 17.7. The summed E-state index contributed by atoms with van der Waals surface area (Å²) >= 11 is 0. The molecule has 1 aliphatic heterocycles. The molecule has 21 heavy (non-hydrogen) atoms. The van der Waals surface area contributed by atoms with Crippen LogP contribution in [-0.4, -0.2) is 55.0 Å². The number of ketones is 1. The lowest BCUT2D eigenvalue weighted by atomic mass is 10.0. The Kier molecular flexibility index (Phi) is 5.25. The van der Waals surface area contributed by atoms with E-state index in [9.17, 15) is 26.8 Å². The van der Waals surface area contributed by atoms with Gasteiger partial charge in [0.1, 0.15) is 0 Å². The van der Waals surface area contributed by atoms with Crippen molar-refractivity contribution in [1.82, 2.24) is 4.90 Å². The largest absolute Gasteiger partial charge is 0.382 e. The van der Waals surface area contributed by atoms with Crippen LogP contribution in [0.25, 0.3) is 0 Å². The summed E-state index contributed by atoms with van der Waals surface area (Å²) in [5.41, 5.74) is 0. The van der Waals surface area contributed by atoms with Crippen molar-refractivity contribution in [2.45, 2.75) is 32.2 Å². The van der Waals surface area contributed by atoms with Gasteiger partial charge in [0.05, 0.1) is 11.5 Å². The zero-order chi connectivity index (χ0) is 16.4. The van der Waals surface area contributed by atoms with E-state index in [-0.39, 0.29) is 24.5 Å². The minimum absolute atomic E-state index is 0.0911. The molecule has 1 heterocycles. The van der Waals surface area contributed by atoms with Crippen molar-refractivity contribution >= 4 is 21.5 Å². The molecule has 1 aliphatic rings. The highest BCUT2D eigenvalue weighted by atomic mass is 32.2. The summed E-state index contributed by atoms with van der Waals surface area (Å²) in [6.07, 6.45) is 1.33. The number of rotatable bonds is 6. The standard InChI is InChI=1S/C13H19F2NO4S/c1-4-6-16(10-5-7-21(19,20)8-10)12(18)13(14,15)11(17)9(2)3/h4,9-10H,1,5-8H2,2-3H3. The van der Waals surface area contributed by atoms with E-state index >= 15 is 0 Å². The zero-order valence-corrected chi connectivity index (χ0v) is 12.8. The van der Waals surface area contributed by atoms with E-state index in [1.54, 1.807) is 0 Å². The maximum Gasteiger partial charge on any atom is 0.382 e. The normalized spacial score (nSPS) is 21.3. The average molecular weight is 323 g/mol. The first-order valence-corrected chi connectivity index (χ1v) is 8.39. The molecule has 1 amide bonds. The smallest absolute Gasteiger partial charge is 0.329 e. The van der Waals surface area contributed by atoms with Crippen LogP contribution in [-0.2, 0) is 19.4 Å². The van der Waals surface area contributed by atoms with Gasteiger partial charge < -0.3 is 4.90 Å². The molecule has 0 spiro atoms. The number of hydrogen-bond acceptors (Lipinski definition) is 4. The Balaban J connectivity index is 3.03. The Morgan fingerprint density at radius 3 is 2.38 bits per heavy atom. The van der Waals surface area contributed by atoms with Gasteiger partial charge in [-0.25, -0.2) is 8.42 Å². The molecule has 0 radical (unpaired) electrons. The van der Waals surface area contributed by atoms with Crippen LogP contribution in [0.3, 0.4) is 0 Å². The molecule has 1 fully saturated rings. The number of alkyl halides is 2. The van der Waals surface area contributed by atoms with Crippen molar-refractivity contribution < 1.29 is 26.8 Å². The molecule has 120 valence electrons. The fraction of sp³-hybridized carbons (Fsp3) is 0.692. The second kappa shape index (κ2) is 6.21. The minimum Gasteiger partial charge on any atom is -0.329 e. The second-order valence-corrected chi connectivity index (χ2v) is 7.63. The zero-order valence-electron chi connectivity index (χ0n) is 12.0. The van der Waals surface area contributed by atoms with Crippen LogP contribution >= 0.6 is 0 Å². The van der Waals surface area contributed by atoms with Crippen LogP contribution < -0.4 is 0 Å². The molecule has 1 atom stereocenters. The topological polar surface area (TPSA) is 71.5 Å². The third-order valence-electron chi connectivity index (χ3n) is 3.34. The minimum atomic E-state index is -4.15. The summed E-state index contributed by atoms with van der Waals surface area (Å²) in [6, 6.07) is -0.841. The lowest BCUT2D eigenvalue weighted by Gasteiger charge is -2.30. The quantitative estimate of drug-likeness (QED) is 0.541. The van der Waals surface area contributed by atoms with Gasteiger partial charge in [-0.1, -0.05) is 19.9 Å². The maximum atomic E-state index is 14.0. The van der Waals surface area contributed by atoms with E-state index in [2.05, 4.69) is 6.58 Å². The maximum absolute atomic E-state index is 14.0. The van der Waals surface area contributed by atoms with E-state index in [0.717, 1.165) is 4.90 Å². The van der Waals surface area contributed by atoms with Crippen molar-refractivity contribution in [2.24, 2.45) is 5.92 Å². The summed E-state index contributed by atoms with van der Waals surface area (Å²) in [5.74, 6) is -8.78. The van der Waals surface area contributed by atoms with Crippen molar-refractivity contribution in [3.05, 3.63) is 12.7 Å². The molecule has 1 rings (SSSR count). The Hall–Kier alpha value is -1.31. The van der Waals surface area contributed by atoms with Gasteiger partial charge in [0.25, 0.3) is 0 Å². The number of halogens is 2. The molecule has 5 nitrogen and oxygen atoms in total. The third kappa shape index (κ3) is 3.87. The molecule has 8 heteroatoms. The lowest BCUT2D eigenvalue weighted by molar-refractivity contribution is -0.168. The van der Waals surface area contributed by atoms with E-state index in [1.165, 1.54) is 19.9 Å². The molecule has 1 unspecified atom stereocenters. The highest BCUT2D eigenvalue weighted by Gasteiger charge is 2.52. The average Bonchev–Trinajstić information content (AvgIpc) is 2.74. The number of nitrogens with zero attached hydrogens (tertiary/aromatic N) is 1. The van der Waals surface area contributed by atoms with Gasteiger partial charge in [0.2, 0.25) is 5.78 Å². The number of Topliss-reactive ketones (excluding diaryl/α,β-unsaturated/α-hetero) is 1. The van der Waals surface area contributed by atoms with Gasteiger partial charge in [-0.3, -0.25) is 9.59 Å². The predicted octanol–water partition coefficient (Wildman–Crippen LogP) is 1.05. The summed E-state index contributed by atoms with van der Waals surface area (Å²) < 4.78 is 50.8. The van der Waals surface area contributed by atoms with Gasteiger partial charge in [-0.2, -0.15) is 8.78 Å². The van der Waals surface area contributed by atoms with Gasteiger partial charge in [-0.05, 0) is 6.42 Å².